The van der Waals surface area contributed by atoms with E-state index in [0.29, 0.717) is 13.2 Å². The van der Waals surface area contributed by atoms with Crippen LogP contribution in [0.25, 0.3) is 22.2 Å². The zero-order valence-electron chi connectivity index (χ0n) is 18.7. The Bertz CT molecular complexity index is 1270. The van der Waals surface area contributed by atoms with Crippen molar-refractivity contribution in [2.75, 3.05) is 24.6 Å². The van der Waals surface area contributed by atoms with Gasteiger partial charge in [0.15, 0.2) is 0 Å². The highest BCUT2D eigenvalue weighted by molar-refractivity contribution is 5.83. The molecule has 1 fully saturated rings. The third-order valence-corrected chi connectivity index (χ3v) is 6.86. The molecule has 0 unspecified atom stereocenters. The van der Waals surface area contributed by atoms with Gasteiger partial charge in [-0.05, 0) is 43.0 Å². The van der Waals surface area contributed by atoms with Crippen LogP contribution in [0, 0.1) is 0 Å². The first-order valence-corrected chi connectivity index (χ1v) is 11.5. The summed E-state index contributed by atoms with van der Waals surface area (Å²) >= 11 is 0. The van der Waals surface area contributed by atoms with Gasteiger partial charge in [0.2, 0.25) is 5.95 Å². The Balaban J connectivity index is 1.33. The van der Waals surface area contributed by atoms with E-state index >= 15 is 0 Å². The van der Waals surface area contributed by atoms with Crippen molar-refractivity contribution >= 4 is 17.0 Å². The van der Waals surface area contributed by atoms with Gasteiger partial charge < -0.3 is 19.3 Å². The smallest absolute Gasteiger partial charge is 0.225 e. The Morgan fingerprint density at radius 3 is 2.52 bits per heavy atom. The Morgan fingerprint density at radius 1 is 1.00 bits per heavy atom. The molecule has 2 aliphatic rings. The Labute approximate surface area is 192 Å². The molecule has 33 heavy (non-hydrogen) atoms. The molecule has 4 aromatic rings. The summed E-state index contributed by atoms with van der Waals surface area (Å²) in [6, 6.07) is 16.9. The number of aliphatic hydroxyl groups is 1. The predicted molar refractivity (Wildman–Crippen MR) is 127 cm³/mol. The summed E-state index contributed by atoms with van der Waals surface area (Å²) in [4.78, 5) is 16.2. The highest BCUT2D eigenvalue weighted by Crippen LogP contribution is 2.33. The van der Waals surface area contributed by atoms with Gasteiger partial charge in [-0.2, -0.15) is 0 Å². The first-order valence-electron chi connectivity index (χ1n) is 11.5. The first kappa shape index (κ1) is 20.3. The molecule has 0 amide bonds. The number of ether oxygens (including phenoxy) is 1. The second-order valence-electron chi connectivity index (χ2n) is 9.30. The molecule has 1 atom stereocenters. The number of piperidine rings is 1. The van der Waals surface area contributed by atoms with Crippen molar-refractivity contribution in [1.82, 2.24) is 19.5 Å². The molecule has 0 aliphatic carbocycles. The molecule has 168 valence electrons. The number of imidazole rings is 1. The Morgan fingerprint density at radius 2 is 1.76 bits per heavy atom. The summed E-state index contributed by atoms with van der Waals surface area (Å²) < 4.78 is 8.18. The molecule has 0 saturated carbocycles. The van der Waals surface area contributed by atoms with Crippen molar-refractivity contribution in [3.63, 3.8) is 0 Å². The SMILES string of the molecule is CC1(O)CCN(c2ncc(-c3ccc4nc5n(c4c3)[C@@H](c3ccccc3)COC5)cn2)CC1. The maximum atomic E-state index is 10.2. The molecule has 1 N–H and O–H groups in total. The minimum Gasteiger partial charge on any atom is -0.390 e. The summed E-state index contributed by atoms with van der Waals surface area (Å²) in [5, 5.41) is 10.2. The molecule has 0 radical (unpaired) electrons. The highest BCUT2D eigenvalue weighted by atomic mass is 16.5. The lowest BCUT2D eigenvalue weighted by molar-refractivity contribution is 0.0349. The summed E-state index contributed by atoms with van der Waals surface area (Å²) in [6.45, 7) is 4.58. The number of aromatic nitrogens is 4. The number of hydrogen-bond donors (Lipinski definition) is 1. The van der Waals surface area contributed by atoms with Crippen LogP contribution in [0.4, 0.5) is 5.95 Å². The minimum absolute atomic E-state index is 0.102. The van der Waals surface area contributed by atoms with Gasteiger partial charge in [-0.25, -0.2) is 15.0 Å². The number of rotatable bonds is 3. The van der Waals surface area contributed by atoms with Crippen LogP contribution in [-0.4, -0.2) is 49.9 Å². The first-order chi connectivity index (χ1) is 16.1. The van der Waals surface area contributed by atoms with E-state index in [1.807, 2.05) is 25.4 Å². The molecule has 2 aromatic carbocycles. The van der Waals surface area contributed by atoms with Gasteiger partial charge in [0.25, 0.3) is 0 Å². The van der Waals surface area contributed by atoms with Gasteiger partial charge in [0.1, 0.15) is 12.4 Å². The van der Waals surface area contributed by atoms with Crippen molar-refractivity contribution in [1.29, 1.82) is 0 Å². The van der Waals surface area contributed by atoms with E-state index in [0.717, 1.165) is 59.9 Å². The van der Waals surface area contributed by atoms with Crippen LogP contribution >= 0.6 is 0 Å². The molecule has 0 spiro atoms. The van der Waals surface area contributed by atoms with Gasteiger partial charge in [-0.15, -0.1) is 0 Å². The predicted octanol–water partition coefficient (Wildman–Crippen LogP) is 3.96. The van der Waals surface area contributed by atoms with Gasteiger partial charge in [0.05, 0.1) is 29.3 Å². The number of fused-ring (bicyclic) bond motifs is 3. The lowest BCUT2D eigenvalue weighted by Crippen LogP contribution is -2.43. The average Bonchev–Trinajstić information content (AvgIpc) is 3.23. The fourth-order valence-corrected chi connectivity index (χ4v) is 4.85. The van der Waals surface area contributed by atoms with Crippen LogP contribution in [-0.2, 0) is 11.3 Å². The zero-order chi connectivity index (χ0) is 22.4. The molecule has 7 nitrogen and oxygen atoms in total. The van der Waals surface area contributed by atoms with E-state index in [1.54, 1.807) is 0 Å². The van der Waals surface area contributed by atoms with E-state index in [4.69, 9.17) is 9.72 Å². The maximum absolute atomic E-state index is 10.2. The van der Waals surface area contributed by atoms with Gasteiger partial charge >= 0.3 is 0 Å². The number of benzene rings is 2. The monoisotopic (exact) mass is 441 g/mol. The van der Waals surface area contributed by atoms with Crippen molar-refractivity contribution in [2.24, 2.45) is 0 Å². The number of hydrogen-bond acceptors (Lipinski definition) is 6. The minimum atomic E-state index is -0.584. The van der Waals surface area contributed by atoms with Crippen LogP contribution < -0.4 is 4.90 Å². The third-order valence-electron chi connectivity index (χ3n) is 6.86. The van der Waals surface area contributed by atoms with Gasteiger partial charge in [-0.1, -0.05) is 36.4 Å². The third kappa shape index (κ3) is 3.77. The standard InChI is InChI=1S/C26H27N5O2/c1-26(32)9-11-30(12-10-26)25-27-14-20(15-28-25)19-7-8-21-22(13-19)31-23(16-33-17-24(31)29-21)18-5-3-2-4-6-18/h2-8,13-15,23,32H,9-12,16-17H2,1H3/t23-/m1/s1. The maximum Gasteiger partial charge on any atom is 0.225 e. The van der Waals surface area contributed by atoms with Crippen LogP contribution in [0.15, 0.2) is 60.9 Å². The zero-order valence-corrected chi connectivity index (χ0v) is 18.7. The van der Waals surface area contributed by atoms with E-state index in [9.17, 15) is 5.11 Å². The molecule has 4 heterocycles. The van der Waals surface area contributed by atoms with Crippen LogP contribution in [0.3, 0.4) is 0 Å². The second kappa shape index (κ2) is 7.93. The topological polar surface area (TPSA) is 76.3 Å². The van der Waals surface area contributed by atoms with Crippen molar-refractivity contribution < 1.29 is 9.84 Å². The fraction of sp³-hybridized carbons (Fsp3) is 0.346. The normalized spacial score (nSPS) is 20.1. The molecule has 2 aliphatic heterocycles. The Kier molecular flexibility index (Phi) is 4.89. The molecule has 0 bridgehead atoms. The van der Waals surface area contributed by atoms with Crippen LogP contribution in [0.2, 0.25) is 0 Å². The second-order valence-corrected chi connectivity index (χ2v) is 9.30. The molecule has 1 saturated heterocycles. The van der Waals surface area contributed by atoms with Gasteiger partial charge in [0, 0.05) is 31.0 Å². The van der Waals surface area contributed by atoms with Crippen molar-refractivity contribution in [2.45, 2.75) is 38.0 Å². The number of nitrogens with zero attached hydrogens (tertiary/aromatic N) is 5. The highest BCUT2D eigenvalue weighted by Gasteiger charge is 2.28. The largest absolute Gasteiger partial charge is 0.390 e. The quantitative estimate of drug-likeness (QED) is 0.519. The lowest BCUT2D eigenvalue weighted by Gasteiger charge is -2.35. The molecule has 6 rings (SSSR count). The summed E-state index contributed by atoms with van der Waals surface area (Å²) in [7, 11) is 0. The van der Waals surface area contributed by atoms with Crippen LogP contribution in [0.1, 0.15) is 37.2 Å². The average molecular weight is 442 g/mol. The molecule has 7 heteroatoms. The van der Waals surface area contributed by atoms with E-state index in [-0.39, 0.29) is 6.04 Å². The van der Waals surface area contributed by atoms with Crippen molar-refractivity contribution in [3.05, 3.63) is 72.3 Å². The lowest BCUT2D eigenvalue weighted by atomic mass is 9.94. The molecule has 2 aromatic heterocycles. The summed E-state index contributed by atoms with van der Waals surface area (Å²) in [6.07, 6.45) is 5.24. The van der Waals surface area contributed by atoms with Crippen LogP contribution in [0.5, 0.6) is 0 Å². The van der Waals surface area contributed by atoms with E-state index in [2.05, 4.69) is 61.9 Å². The number of anilines is 1. The van der Waals surface area contributed by atoms with Crippen molar-refractivity contribution in [3.8, 4) is 11.1 Å². The van der Waals surface area contributed by atoms with Gasteiger partial charge in [-0.3, -0.25) is 0 Å². The molecular formula is C26H27N5O2. The summed E-state index contributed by atoms with van der Waals surface area (Å²) in [5.74, 6) is 1.67. The summed E-state index contributed by atoms with van der Waals surface area (Å²) in [5.41, 5.74) is 4.75. The Hall–Kier alpha value is -3.29. The fourth-order valence-electron chi connectivity index (χ4n) is 4.85. The van der Waals surface area contributed by atoms with E-state index in [1.165, 1.54) is 5.56 Å². The van der Waals surface area contributed by atoms with E-state index < -0.39 is 5.60 Å². The molecular weight excluding hydrogens is 414 g/mol.